The van der Waals surface area contributed by atoms with E-state index in [0.29, 0.717) is 18.2 Å². The fourth-order valence-electron chi connectivity index (χ4n) is 2.53. The average molecular weight is 318 g/mol. The average Bonchev–Trinajstić information content (AvgIpc) is 2.93. The van der Waals surface area contributed by atoms with Crippen molar-refractivity contribution in [2.75, 3.05) is 20.1 Å². The summed E-state index contributed by atoms with van der Waals surface area (Å²) in [6.45, 7) is 4.07. The molecule has 1 atom stereocenters. The van der Waals surface area contributed by atoms with Gasteiger partial charge in [0.1, 0.15) is 0 Å². The van der Waals surface area contributed by atoms with Crippen LogP contribution in [-0.2, 0) is 9.59 Å². The Morgan fingerprint density at radius 2 is 1.96 bits per heavy atom. The summed E-state index contributed by atoms with van der Waals surface area (Å²) in [6, 6.07) is 3.73. The van der Waals surface area contributed by atoms with Crippen molar-refractivity contribution in [1.82, 2.24) is 9.80 Å². The summed E-state index contributed by atoms with van der Waals surface area (Å²) in [5.41, 5.74) is 1.50. The van der Waals surface area contributed by atoms with Gasteiger partial charge in [0.15, 0.2) is 0 Å². The SMILES string of the molecule is CC#CN1C=CC=C(C2CCCN2C)C1.O=C(O)C=CC(=O)O. The fourth-order valence-corrected chi connectivity index (χ4v) is 2.53. The quantitative estimate of drug-likeness (QED) is 0.607. The van der Waals surface area contributed by atoms with E-state index in [9.17, 15) is 9.59 Å². The van der Waals surface area contributed by atoms with Gasteiger partial charge in [0, 0.05) is 30.4 Å². The molecule has 124 valence electrons. The first-order valence-corrected chi connectivity index (χ1v) is 7.34. The van der Waals surface area contributed by atoms with Crippen LogP contribution in [-0.4, -0.2) is 58.1 Å². The molecule has 2 rings (SSSR count). The minimum Gasteiger partial charge on any atom is -0.478 e. The van der Waals surface area contributed by atoms with Gasteiger partial charge in [0.05, 0.1) is 6.54 Å². The van der Waals surface area contributed by atoms with E-state index in [1.165, 1.54) is 25.0 Å². The van der Waals surface area contributed by atoms with Crippen molar-refractivity contribution in [1.29, 1.82) is 0 Å². The third-order valence-electron chi connectivity index (χ3n) is 3.50. The monoisotopic (exact) mass is 318 g/mol. The maximum absolute atomic E-state index is 9.55. The largest absolute Gasteiger partial charge is 0.478 e. The van der Waals surface area contributed by atoms with Gasteiger partial charge in [-0.1, -0.05) is 12.0 Å². The number of nitrogens with zero attached hydrogens (tertiary/aromatic N) is 2. The summed E-state index contributed by atoms with van der Waals surface area (Å²) in [5, 5.41) is 15.6. The Hall–Kier alpha value is -2.52. The predicted octanol–water partition coefficient (Wildman–Crippen LogP) is 1.53. The van der Waals surface area contributed by atoms with Crippen molar-refractivity contribution < 1.29 is 19.8 Å². The van der Waals surface area contributed by atoms with Crippen molar-refractivity contribution in [2.24, 2.45) is 0 Å². The molecule has 0 aromatic carbocycles. The van der Waals surface area contributed by atoms with Crippen LogP contribution in [0.5, 0.6) is 0 Å². The molecule has 2 heterocycles. The molecule has 0 bridgehead atoms. The van der Waals surface area contributed by atoms with E-state index in [1.54, 1.807) is 0 Å². The highest BCUT2D eigenvalue weighted by molar-refractivity contribution is 5.89. The zero-order valence-corrected chi connectivity index (χ0v) is 13.4. The highest BCUT2D eigenvalue weighted by Crippen LogP contribution is 2.24. The molecule has 0 aromatic heterocycles. The Morgan fingerprint density at radius 1 is 1.30 bits per heavy atom. The molecule has 6 heteroatoms. The number of rotatable bonds is 3. The number of allylic oxidation sites excluding steroid dienone is 2. The first kappa shape index (κ1) is 18.5. The van der Waals surface area contributed by atoms with E-state index < -0.39 is 11.9 Å². The van der Waals surface area contributed by atoms with Crippen LogP contribution in [0.1, 0.15) is 19.8 Å². The lowest BCUT2D eigenvalue weighted by atomic mass is 10.0. The Bertz CT molecular complexity index is 565. The zero-order chi connectivity index (χ0) is 17.2. The normalized spacial score (nSPS) is 20.3. The van der Waals surface area contributed by atoms with Crippen LogP contribution < -0.4 is 0 Å². The first-order valence-electron chi connectivity index (χ1n) is 7.34. The number of likely N-dealkylation sites (tertiary alicyclic amines) is 1. The second kappa shape index (κ2) is 9.49. The van der Waals surface area contributed by atoms with Crippen LogP contribution in [0.4, 0.5) is 0 Å². The number of hydrogen-bond donors (Lipinski definition) is 2. The Balaban J connectivity index is 0.000000284. The van der Waals surface area contributed by atoms with Crippen molar-refractivity contribution in [3.63, 3.8) is 0 Å². The maximum Gasteiger partial charge on any atom is 0.328 e. The number of likely N-dealkylation sites (N-methyl/N-ethyl adjacent to an activating group) is 1. The number of carbonyl (C=O) groups is 2. The van der Waals surface area contributed by atoms with Gasteiger partial charge in [-0.25, -0.2) is 9.59 Å². The topological polar surface area (TPSA) is 81.1 Å². The lowest BCUT2D eigenvalue weighted by molar-refractivity contribution is -0.134. The predicted molar refractivity (Wildman–Crippen MR) is 87.4 cm³/mol. The smallest absolute Gasteiger partial charge is 0.328 e. The summed E-state index contributed by atoms with van der Waals surface area (Å²) in [6.07, 6.45) is 10.1. The molecule has 0 aromatic rings. The maximum atomic E-state index is 9.55. The highest BCUT2D eigenvalue weighted by atomic mass is 16.4. The van der Waals surface area contributed by atoms with Crippen LogP contribution in [0.2, 0.25) is 0 Å². The second-order valence-corrected chi connectivity index (χ2v) is 5.22. The summed E-state index contributed by atoms with van der Waals surface area (Å²) in [5.74, 6) is 0.430. The Morgan fingerprint density at radius 3 is 2.43 bits per heavy atom. The number of hydrogen-bond acceptors (Lipinski definition) is 4. The minimum absolute atomic E-state index is 0.558. The molecule has 0 spiro atoms. The van der Waals surface area contributed by atoms with Crippen molar-refractivity contribution >= 4 is 11.9 Å². The lowest BCUT2D eigenvalue weighted by Crippen LogP contribution is -2.32. The van der Waals surface area contributed by atoms with E-state index in [4.69, 9.17) is 10.2 Å². The van der Waals surface area contributed by atoms with E-state index >= 15 is 0 Å². The standard InChI is InChI=1S/C13H18N2.C4H4O4/c1-3-8-15-10-4-6-12(11-15)13-7-5-9-14(13)2;5-3(6)1-2-4(7)8/h4,6,10,13H,5,7,9,11H2,1-2H3;1-2H,(H,5,6)(H,7,8). The summed E-state index contributed by atoms with van der Waals surface area (Å²) >= 11 is 0. The summed E-state index contributed by atoms with van der Waals surface area (Å²) in [7, 11) is 2.21. The first-order chi connectivity index (χ1) is 10.9. The summed E-state index contributed by atoms with van der Waals surface area (Å²) in [4.78, 5) is 23.6. The van der Waals surface area contributed by atoms with E-state index in [0.717, 1.165) is 6.54 Å². The van der Waals surface area contributed by atoms with Crippen LogP contribution in [0.25, 0.3) is 0 Å². The number of carboxylic acid groups (broad SMARTS) is 2. The number of carboxylic acids is 2. The van der Waals surface area contributed by atoms with Crippen LogP contribution in [0, 0.1) is 12.0 Å². The minimum atomic E-state index is -1.26. The third-order valence-corrected chi connectivity index (χ3v) is 3.50. The van der Waals surface area contributed by atoms with E-state index in [1.807, 2.05) is 6.92 Å². The molecule has 2 N–H and O–H groups in total. The molecule has 6 nitrogen and oxygen atoms in total. The zero-order valence-electron chi connectivity index (χ0n) is 13.4. The van der Waals surface area contributed by atoms with Gasteiger partial charge in [-0.15, -0.1) is 0 Å². The van der Waals surface area contributed by atoms with E-state index in [-0.39, 0.29) is 0 Å². The molecule has 0 amide bonds. The van der Waals surface area contributed by atoms with Crippen LogP contribution in [0.15, 0.2) is 36.1 Å². The molecule has 1 fully saturated rings. The van der Waals surface area contributed by atoms with Crippen molar-refractivity contribution in [3.05, 3.63) is 36.1 Å². The second-order valence-electron chi connectivity index (χ2n) is 5.22. The molecule has 1 unspecified atom stereocenters. The fraction of sp³-hybridized carbons (Fsp3) is 0.412. The molecular weight excluding hydrogens is 296 g/mol. The Kier molecular flexibility index (Phi) is 7.64. The van der Waals surface area contributed by atoms with Gasteiger partial charge in [0.25, 0.3) is 0 Å². The molecule has 0 radical (unpaired) electrons. The molecule has 2 aliphatic rings. The lowest BCUT2D eigenvalue weighted by Gasteiger charge is -2.27. The molecule has 1 saturated heterocycles. The highest BCUT2D eigenvalue weighted by Gasteiger charge is 2.25. The van der Waals surface area contributed by atoms with E-state index in [2.05, 4.69) is 47.2 Å². The summed E-state index contributed by atoms with van der Waals surface area (Å²) < 4.78 is 0. The van der Waals surface area contributed by atoms with Crippen LogP contribution >= 0.6 is 0 Å². The van der Waals surface area contributed by atoms with Crippen molar-refractivity contribution in [2.45, 2.75) is 25.8 Å². The molecule has 0 saturated carbocycles. The van der Waals surface area contributed by atoms with Gasteiger partial charge in [-0.3, -0.25) is 4.90 Å². The van der Waals surface area contributed by atoms with Gasteiger partial charge in [-0.05, 0) is 45.0 Å². The Labute approximate surface area is 136 Å². The third kappa shape index (κ3) is 6.85. The van der Waals surface area contributed by atoms with Gasteiger partial charge in [0.2, 0.25) is 0 Å². The van der Waals surface area contributed by atoms with Gasteiger partial charge in [-0.2, -0.15) is 0 Å². The van der Waals surface area contributed by atoms with Gasteiger partial charge >= 0.3 is 11.9 Å². The molecule has 2 aliphatic heterocycles. The molecule has 23 heavy (non-hydrogen) atoms. The molecular formula is C17H22N2O4. The van der Waals surface area contributed by atoms with Gasteiger partial charge < -0.3 is 15.1 Å². The van der Waals surface area contributed by atoms with Crippen LogP contribution in [0.3, 0.4) is 0 Å². The van der Waals surface area contributed by atoms with Crippen molar-refractivity contribution in [3.8, 4) is 12.0 Å². The number of aliphatic carboxylic acids is 2. The molecule has 0 aliphatic carbocycles.